The van der Waals surface area contributed by atoms with E-state index in [-0.39, 0.29) is 5.69 Å². The lowest BCUT2D eigenvalue weighted by Crippen LogP contribution is -2.09. The number of nitrogens with zero attached hydrogens (tertiary/aromatic N) is 3. The van der Waals surface area contributed by atoms with Gasteiger partial charge in [0.05, 0.1) is 10.4 Å². The maximum atomic E-state index is 10.5. The minimum atomic E-state index is -0.421. The molecule has 1 N–H and O–H groups in total. The Morgan fingerprint density at radius 2 is 2.20 bits per heavy atom. The predicted molar refractivity (Wildman–Crippen MR) is 57.1 cm³/mol. The number of nitro benzene ring substituents is 1. The lowest BCUT2D eigenvalue weighted by Gasteiger charge is -2.07. The summed E-state index contributed by atoms with van der Waals surface area (Å²) in [4.78, 5) is 12.0. The molecule has 6 heteroatoms. The van der Waals surface area contributed by atoms with Gasteiger partial charge in [0.25, 0.3) is 5.69 Å². The summed E-state index contributed by atoms with van der Waals surface area (Å²) in [5.41, 5.74) is 0.740. The number of benzene rings is 1. The Labute approximate surface area is 85.7 Å². The van der Waals surface area contributed by atoms with Crippen LogP contribution in [0.2, 0.25) is 0 Å². The molecule has 0 fully saturated rings. The topological polar surface area (TPSA) is 75.1 Å². The van der Waals surface area contributed by atoms with Crippen LogP contribution in [0.4, 0.5) is 11.5 Å². The van der Waals surface area contributed by atoms with Crippen molar-refractivity contribution in [1.82, 2.24) is 10.2 Å². The molecule has 0 unspecified atom stereocenters. The highest BCUT2D eigenvalue weighted by molar-refractivity contribution is 5.91. The number of anilines is 1. The summed E-state index contributed by atoms with van der Waals surface area (Å²) in [6.07, 6.45) is 0. The molecule has 0 amide bonds. The first kappa shape index (κ1) is 9.45. The summed E-state index contributed by atoms with van der Waals surface area (Å²) < 4.78 is 0. The zero-order chi connectivity index (χ0) is 11.0. The van der Waals surface area contributed by atoms with E-state index in [4.69, 9.17) is 0 Å². The van der Waals surface area contributed by atoms with Gasteiger partial charge in [0.1, 0.15) is 0 Å². The molecule has 1 aromatic carbocycles. The van der Waals surface area contributed by atoms with Crippen LogP contribution in [0.3, 0.4) is 0 Å². The third kappa shape index (κ3) is 1.50. The summed E-state index contributed by atoms with van der Waals surface area (Å²) >= 11 is 0. The van der Waals surface area contributed by atoms with Crippen molar-refractivity contribution in [3.63, 3.8) is 0 Å². The first-order chi connectivity index (χ1) is 7.09. The van der Waals surface area contributed by atoms with Crippen molar-refractivity contribution in [2.24, 2.45) is 0 Å². The minimum Gasteiger partial charge on any atom is -0.361 e. The largest absolute Gasteiger partial charge is 0.361 e. The molecule has 0 aliphatic heterocycles. The summed E-state index contributed by atoms with van der Waals surface area (Å²) in [6.45, 7) is 0. The number of non-ortho nitro benzene ring substituents is 1. The molecule has 0 radical (unpaired) electrons. The van der Waals surface area contributed by atoms with Crippen LogP contribution >= 0.6 is 0 Å². The molecular weight excluding hydrogens is 196 g/mol. The fourth-order valence-corrected chi connectivity index (χ4v) is 1.45. The second-order valence-electron chi connectivity index (χ2n) is 3.43. The monoisotopic (exact) mass is 206 g/mol. The Morgan fingerprint density at radius 3 is 2.80 bits per heavy atom. The molecule has 2 rings (SSSR count). The van der Waals surface area contributed by atoms with E-state index in [2.05, 4.69) is 10.2 Å². The lowest BCUT2D eigenvalue weighted by atomic mass is 10.2. The third-order valence-corrected chi connectivity index (χ3v) is 2.16. The van der Waals surface area contributed by atoms with Crippen LogP contribution in [-0.4, -0.2) is 29.2 Å². The SMILES string of the molecule is CN(C)c1n[nH]c2cc([N+](=O)[O-])ccc12. The first-order valence-corrected chi connectivity index (χ1v) is 4.39. The van der Waals surface area contributed by atoms with Crippen LogP contribution in [-0.2, 0) is 0 Å². The van der Waals surface area contributed by atoms with Gasteiger partial charge < -0.3 is 4.90 Å². The van der Waals surface area contributed by atoms with Crippen molar-refractivity contribution < 1.29 is 4.92 Å². The number of nitrogens with one attached hydrogen (secondary N) is 1. The van der Waals surface area contributed by atoms with E-state index >= 15 is 0 Å². The number of aromatic amines is 1. The predicted octanol–water partition coefficient (Wildman–Crippen LogP) is 1.54. The number of H-pyrrole nitrogens is 1. The average Bonchev–Trinajstić information content (AvgIpc) is 2.59. The Kier molecular flexibility index (Phi) is 2.03. The van der Waals surface area contributed by atoms with Crippen molar-refractivity contribution in [2.45, 2.75) is 0 Å². The number of fused-ring (bicyclic) bond motifs is 1. The standard InChI is InChI=1S/C9H10N4O2/c1-12(2)9-7-4-3-6(13(14)15)5-8(7)10-11-9/h3-5H,1-2H3,(H,10,11). The lowest BCUT2D eigenvalue weighted by molar-refractivity contribution is -0.384. The average molecular weight is 206 g/mol. The van der Waals surface area contributed by atoms with Gasteiger partial charge in [-0.1, -0.05) is 0 Å². The van der Waals surface area contributed by atoms with Crippen LogP contribution in [0.1, 0.15) is 0 Å². The van der Waals surface area contributed by atoms with Crippen molar-refractivity contribution in [2.75, 3.05) is 19.0 Å². The maximum Gasteiger partial charge on any atom is 0.271 e. The summed E-state index contributed by atoms with van der Waals surface area (Å²) in [6, 6.07) is 4.66. The first-order valence-electron chi connectivity index (χ1n) is 4.39. The van der Waals surface area contributed by atoms with E-state index in [1.54, 1.807) is 6.07 Å². The van der Waals surface area contributed by atoms with Crippen LogP contribution in [0.15, 0.2) is 18.2 Å². The molecule has 0 aliphatic carbocycles. The quantitative estimate of drug-likeness (QED) is 0.597. The van der Waals surface area contributed by atoms with Crippen LogP contribution in [0.5, 0.6) is 0 Å². The molecule has 0 saturated carbocycles. The van der Waals surface area contributed by atoms with Gasteiger partial charge in [0.15, 0.2) is 5.82 Å². The van der Waals surface area contributed by atoms with Gasteiger partial charge in [-0.25, -0.2) is 0 Å². The Morgan fingerprint density at radius 1 is 1.47 bits per heavy atom. The van der Waals surface area contributed by atoms with E-state index in [9.17, 15) is 10.1 Å². The van der Waals surface area contributed by atoms with Crippen LogP contribution < -0.4 is 4.90 Å². The molecule has 6 nitrogen and oxygen atoms in total. The molecular formula is C9H10N4O2. The summed E-state index contributed by atoms with van der Waals surface area (Å²) in [5, 5.41) is 18.3. The van der Waals surface area contributed by atoms with Gasteiger partial charge in [-0.2, -0.15) is 5.10 Å². The molecule has 1 heterocycles. The van der Waals surface area contributed by atoms with Gasteiger partial charge in [0, 0.05) is 31.6 Å². The van der Waals surface area contributed by atoms with Crippen molar-refractivity contribution in [1.29, 1.82) is 0 Å². The van der Waals surface area contributed by atoms with Gasteiger partial charge in [0.2, 0.25) is 0 Å². The van der Waals surface area contributed by atoms with Gasteiger partial charge >= 0.3 is 0 Å². The number of aromatic nitrogens is 2. The molecule has 1 aromatic heterocycles. The number of nitro groups is 1. The van der Waals surface area contributed by atoms with Gasteiger partial charge in [-0.15, -0.1) is 0 Å². The molecule has 0 spiro atoms. The summed E-state index contributed by atoms with van der Waals surface area (Å²) in [5.74, 6) is 0.778. The molecule has 0 saturated heterocycles. The van der Waals surface area contributed by atoms with E-state index in [0.717, 1.165) is 11.2 Å². The molecule has 15 heavy (non-hydrogen) atoms. The molecule has 0 aliphatic rings. The van der Waals surface area contributed by atoms with Crippen molar-refractivity contribution >= 4 is 22.4 Å². The second kappa shape index (κ2) is 3.23. The third-order valence-electron chi connectivity index (χ3n) is 2.16. The highest BCUT2D eigenvalue weighted by Crippen LogP contribution is 2.25. The number of rotatable bonds is 2. The number of hydrogen-bond donors (Lipinski definition) is 1. The Bertz CT molecular complexity index is 518. The fraction of sp³-hybridized carbons (Fsp3) is 0.222. The van der Waals surface area contributed by atoms with E-state index in [0.29, 0.717) is 5.52 Å². The zero-order valence-electron chi connectivity index (χ0n) is 8.39. The van der Waals surface area contributed by atoms with E-state index in [1.807, 2.05) is 19.0 Å². The molecule has 0 bridgehead atoms. The highest BCUT2D eigenvalue weighted by atomic mass is 16.6. The highest BCUT2D eigenvalue weighted by Gasteiger charge is 2.11. The zero-order valence-corrected chi connectivity index (χ0v) is 8.39. The van der Waals surface area contributed by atoms with Crippen molar-refractivity contribution in [3.8, 4) is 0 Å². The van der Waals surface area contributed by atoms with Crippen LogP contribution in [0, 0.1) is 10.1 Å². The Balaban J connectivity index is 2.61. The molecule has 0 atom stereocenters. The maximum absolute atomic E-state index is 10.5. The van der Waals surface area contributed by atoms with E-state index < -0.39 is 4.92 Å². The number of hydrogen-bond acceptors (Lipinski definition) is 4. The smallest absolute Gasteiger partial charge is 0.271 e. The van der Waals surface area contributed by atoms with Crippen LogP contribution in [0.25, 0.3) is 10.9 Å². The molecule has 78 valence electrons. The second-order valence-corrected chi connectivity index (χ2v) is 3.43. The summed E-state index contributed by atoms with van der Waals surface area (Å²) in [7, 11) is 3.74. The Hall–Kier alpha value is -2.11. The van der Waals surface area contributed by atoms with Gasteiger partial charge in [-0.3, -0.25) is 15.2 Å². The van der Waals surface area contributed by atoms with E-state index in [1.165, 1.54) is 12.1 Å². The fourth-order valence-electron chi connectivity index (χ4n) is 1.45. The van der Waals surface area contributed by atoms with Gasteiger partial charge in [-0.05, 0) is 6.07 Å². The normalized spacial score (nSPS) is 10.5. The van der Waals surface area contributed by atoms with Crippen molar-refractivity contribution in [3.05, 3.63) is 28.3 Å². The molecule has 2 aromatic rings. The minimum absolute atomic E-state index is 0.0662.